The summed E-state index contributed by atoms with van der Waals surface area (Å²) in [6, 6.07) is 0.430. The Morgan fingerprint density at radius 2 is 2.16 bits per heavy atom. The lowest BCUT2D eigenvalue weighted by Crippen LogP contribution is -2.22. The summed E-state index contributed by atoms with van der Waals surface area (Å²) in [5.74, 6) is 0.816. The van der Waals surface area contributed by atoms with Crippen LogP contribution in [0.2, 0.25) is 0 Å². The van der Waals surface area contributed by atoms with Gasteiger partial charge in [0.05, 0.1) is 6.04 Å². The third kappa shape index (κ3) is 6.50. The smallest absolute Gasteiger partial charge is 0.109 e. The molecule has 0 aliphatic rings. The zero-order chi connectivity index (χ0) is 13.9. The van der Waals surface area contributed by atoms with Crippen molar-refractivity contribution < 1.29 is 0 Å². The highest BCUT2D eigenvalue weighted by Crippen LogP contribution is 2.20. The largest absolute Gasteiger partial charge is 0.330 e. The van der Waals surface area contributed by atoms with Gasteiger partial charge in [0.1, 0.15) is 5.01 Å². The predicted octanol–water partition coefficient (Wildman–Crippen LogP) is 3.73. The summed E-state index contributed by atoms with van der Waals surface area (Å²) >= 11 is 1.75. The van der Waals surface area contributed by atoms with E-state index in [1.165, 1.54) is 37.1 Å². The molecule has 0 saturated carbocycles. The molecule has 1 aromatic heterocycles. The van der Waals surface area contributed by atoms with E-state index in [2.05, 4.69) is 29.5 Å². The van der Waals surface area contributed by atoms with E-state index < -0.39 is 0 Å². The van der Waals surface area contributed by atoms with Crippen LogP contribution in [0.3, 0.4) is 0 Å². The SMILES string of the molecule is CCCC(CCN)CCCNC(CC)c1nccs1. The van der Waals surface area contributed by atoms with Gasteiger partial charge in [-0.1, -0.05) is 26.7 Å². The molecule has 1 rings (SSSR count). The van der Waals surface area contributed by atoms with Gasteiger partial charge in [-0.15, -0.1) is 11.3 Å². The highest BCUT2D eigenvalue weighted by molar-refractivity contribution is 7.09. The third-order valence-electron chi connectivity index (χ3n) is 3.61. The number of hydrogen-bond donors (Lipinski definition) is 2. The number of rotatable bonds is 11. The minimum atomic E-state index is 0.430. The summed E-state index contributed by atoms with van der Waals surface area (Å²) in [5, 5.41) is 6.90. The fourth-order valence-electron chi connectivity index (χ4n) is 2.56. The van der Waals surface area contributed by atoms with Gasteiger partial charge in [-0.2, -0.15) is 0 Å². The molecule has 0 spiro atoms. The molecule has 0 saturated heterocycles. The lowest BCUT2D eigenvalue weighted by atomic mass is 9.94. The molecule has 0 fully saturated rings. The zero-order valence-corrected chi connectivity index (χ0v) is 13.2. The Bertz CT molecular complexity index is 294. The fraction of sp³-hybridized carbons (Fsp3) is 0.800. The number of nitrogens with one attached hydrogen (secondary N) is 1. The second-order valence-electron chi connectivity index (χ2n) is 5.16. The number of nitrogens with two attached hydrogens (primary N) is 1. The average molecular weight is 283 g/mol. The lowest BCUT2D eigenvalue weighted by molar-refractivity contribution is 0.394. The summed E-state index contributed by atoms with van der Waals surface area (Å²) in [4.78, 5) is 4.40. The molecule has 1 aromatic rings. The van der Waals surface area contributed by atoms with E-state index >= 15 is 0 Å². The Labute approximate surface area is 122 Å². The molecule has 1 heterocycles. The van der Waals surface area contributed by atoms with Crippen molar-refractivity contribution in [2.24, 2.45) is 11.7 Å². The molecule has 0 aromatic carbocycles. The molecule has 4 heteroatoms. The third-order valence-corrected chi connectivity index (χ3v) is 4.50. The van der Waals surface area contributed by atoms with E-state index in [9.17, 15) is 0 Å². The molecule has 3 N–H and O–H groups in total. The Kier molecular flexibility index (Phi) is 9.05. The van der Waals surface area contributed by atoms with Crippen molar-refractivity contribution in [1.29, 1.82) is 0 Å². The molecule has 110 valence electrons. The monoisotopic (exact) mass is 283 g/mol. The predicted molar refractivity (Wildman–Crippen MR) is 84.5 cm³/mol. The van der Waals surface area contributed by atoms with Crippen LogP contribution in [-0.4, -0.2) is 18.1 Å². The first-order valence-electron chi connectivity index (χ1n) is 7.64. The molecule has 0 aliphatic heterocycles. The minimum absolute atomic E-state index is 0.430. The van der Waals surface area contributed by atoms with Gasteiger partial charge in [0.25, 0.3) is 0 Å². The van der Waals surface area contributed by atoms with Gasteiger partial charge >= 0.3 is 0 Å². The normalized spacial score (nSPS) is 14.5. The average Bonchev–Trinajstić information content (AvgIpc) is 2.93. The van der Waals surface area contributed by atoms with Gasteiger partial charge in [-0.05, 0) is 44.7 Å². The molecule has 0 amide bonds. The van der Waals surface area contributed by atoms with E-state index in [0.717, 1.165) is 25.4 Å². The van der Waals surface area contributed by atoms with Crippen molar-refractivity contribution in [2.75, 3.05) is 13.1 Å². The van der Waals surface area contributed by atoms with E-state index in [1.807, 2.05) is 6.20 Å². The van der Waals surface area contributed by atoms with Crippen molar-refractivity contribution in [3.8, 4) is 0 Å². The second kappa shape index (κ2) is 10.4. The summed E-state index contributed by atoms with van der Waals surface area (Å²) in [5.41, 5.74) is 5.68. The maximum Gasteiger partial charge on any atom is 0.109 e. The van der Waals surface area contributed by atoms with E-state index in [4.69, 9.17) is 5.73 Å². The van der Waals surface area contributed by atoms with E-state index in [1.54, 1.807) is 11.3 Å². The topological polar surface area (TPSA) is 50.9 Å². The van der Waals surface area contributed by atoms with Crippen molar-refractivity contribution in [3.63, 3.8) is 0 Å². The fourth-order valence-corrected chi connectivity index (χ4v) is 3.35. The van der Waals surface area contributed by atoms with Gasteiger partial charge in [0.2, 0.25) is 0 Å². The first-order valence-corrected chi connectivity index (χ1v) is 8.52. The van der Waals surface area contributed by atoms with Gasteiger partial charge in [0, 0.05) is 11.6 Å². The second-order valence-corrected chi connectivity index (χ2v) is 6.09. The Morgan fingerprint density at radius 1 is 1.32 bits per heavy atom. The minimum Gasteiger partial charge on any atom is -0.330 e. The van der Waals surface area contributed by atoms with Crippen molar-refractivity contribution in [1.82, 2.24) is 10.3 Å². The van der Waals surface area contributed by atoms with Crippen LogP contribution in [0, 0.1) is 5.92 Å². The van der Waals surface area contributed by atoms with Crippen LogP contribution in [0.5, 0.6) is 0 Å². The summed E-state index contributed by atoms with van der Waals surface area (Å²) < 4.78 is 0. The van der Waals surface area contributed by atoms with Crippen LogP contribution in [-0.2, 0) is 0 Å². The van der Waals surface area contributed by atoms with Crippen LogP contribution < -0.4 is 11.1 Å². The standard InChI is InChI=1S/C15H29N3S/c1-3-6-13(8-9-16)7-5-10-17-14(4-2)15-18-11-12-19-15/h11-14,17H,3-10,16H2,1-2H3. The zero-order valence-electron chi connectivity index (χ0n) is 12.4. The lowest BCUT2D eigenvalue weighted by Gasteiger charge is -2.17. The molecule has 2 atom stereocenters. The number of aromatic nitrogens is 1. The highest BCUT2D eigenvalue weighted by atomic mass is 32.1. The van der Waals surface area contributed by atoms with Crippen molar-refractivity contribution in [2.45, 2.75) is 58.4 Å². The van der Waals surface area contributed by atoms with E-state index in [0.29, 0.717) is 6.04 Å². The van der Waals surface area contributed by atoms with Gasteiger partial charge in [-0.25, -0.2) is 4.98 Å². The van der Waals surface area contributed by atoms with Gasteiger partial charge < -0.3 is 11.1 Å². The van der Waals surface area contributed by atoms with Crippen LogP contribution in [0.25, 0.3) is 0 Å². The molecule has 2 unspecified atom stereocenters. The number of hydrogen-bond acceptors (Lipinski definition) is 4. The molecule has 0 aliphatic carbocycles. The van der Waals surface area contributed by atoms with Crippen LogP contribution in [0.15, 0.2) is 11.6 Å². The Morgan fingerprint density at radius 3 is 2.74 bits per heavy atom. The van der Waals surface area contributed by atoms with E-state index in [-0.39, 0.29) is 0 Å². The van der Waals surface area contributed by atoms with Crippen LogP contribution in [0.4, 0.5) is 0 Å². The van der Waals surface area contributed by atoms with Crippen molar-refractivity contribution >= 4 is 11.3 Å². The first-order chi connectivity index (χ1) is 9.31. The maximum absolute atomic E-state index is 5.68. The summed E-state index contributed by atoms with van der Waals surface area (Å²) in [6.07, 6.45) is 9.31. The summed E-state index contributed by atoms with van der Waals surface area (Å²) in [7, 11) is 0. The van der Waals surface area contributed by atoms with Crippen LogP contribution in [0.1, 0.15) is 63.4 Å². The van der Waals surface area contributed by atoms with Crippen LogP contribution >= 0.6 is 11.3 Å². The molecule has 19 heavy (non-hydrogen) atoms. The summed E-state index contributed by atoms with van der Waals surface area (Å²) in [6.45, 7) is 6.39. The van der Waals surface area contributed by atoms with Gasteiger partial charge in [0.15, 0.2) is 0 Å². The number of nitrogens with zero attached hydrogens (tertiary/aromatic N) is 1. The molecule has 3 nitrogen and oxygen atoms in total. The number of thiazole rings is 1. The molecule has 0 radical (unpaired) electrons. The molecular formula is C15H29N3S. The molecule has 0 bridgehead atoms. The quantitative estimate of drug-likeness (QED) is 0.608. The Hall–Kier alpha value is -0.450. The maximum atomic E-state index is 5.68. The Balaban J connectivity index is 2.21. The molecular weight excluding hydrogens is 254 g/mol. The highest BCUT2D eigenvalue weighted by Gasteiger charge is 2.11. The van der Waals surface area contributed by atoms with Gasteiger partial charge in [-0.3, -0.25) is 0 Å². The van der Waals surface area contributed by atoms with Crippen molar-refractivity contribution in [3.05, 3.63) is 16.6 Å². The first kappa shape index (κ1) is 16.6.